The second-order valence-corrected chi connectivity index (χ2v) is 3.41. The van der Waals surface area contributed by atoms with E-state index in [1.54, 1.807) is 25.1 Å². The molecule has 1 amide bonds. The second kappa shape index (κ2) is 4.17. The molecule has 0 bridgehead atoms. The van der Waals surface area contributed by atoms with E-state index >= 15 is 0 Å². The van der Waals surface area contributed by atoms with Crippen LogP contribution in [-0.2, 0) is 0 Å². The zero-order chi connectivity index (χ0) is 10.7. The highest BCUT2D eigenvalue weighted by molar-refractivity contribution is 7.80. The fourth-order valence-corrected chi connectivity index (χ4v) is 1.33. The van der Waals surface area contributed by atoms with Gasteiger partial charge >= 0.3 is 0 Å². The zero-order valence-electron chi connectivity index (χ0n) is 7.70. The van der Waals surface area contributed by atoms with Crippen LogP contribution in [0.25, 0.3) is 0 Å². The Morgan fingerprint density at radius 2 is 2.00 bits per heavy atom. The van der Waals surface area contributed by atoms with Crippen LogP contribution in [-0.4, -0.2) is 10.8 Å². The number of anilines is 1. The maximum absolute atomic E-state index is 11.2. The van der Waals surface area contributed by atoms with Crippen LogP contribution in [0.1, 0.15) is 22.8 Å². The number of nitrogens with two attached hydrogens (primary N) is 2. The number of nitrogen functional groups attached to an aromatic ring is 2. The van der Waals surface area contributed by atoms with E-state index in [0.29, 0.717) is 21.7 Å². The Kier molecular flexibility index (Phi) is 3.16. The number of para-hydroxylation sites is 1. The Hall–Kier alpha value is -1.46. The van der Waals surface area contributed by atoms with Crippen molar-refractivity contribution in [3.63, 3.8) is 0 Å². The van der Waals surface area contributed by atoms with Crippen LogP contribution in [0.4, 0.5) is 5.69 Å². The summed E-state index contributed by atoms with van der Waals surface area (Å²) in [4.78, 5) is 11.9. The smallest absolute Gasteiger partial charge is 0.267 e. The second-order valence-electron chi connectivity index (χ2n) is 2.80. The van der Waals surface area contributed by atoms with E-state index in [0.717, 1.165) is 0 Å². The van der Waals surface area contributed by atoms with Gasteiger partial charge in [-0.25, -0.2) is 5.84 Å². The molecule has 1 aromatic carbocycles. The zero-order valence-corrected chi connectivity index (χ0v) is 8.52. The molecule has 0 unspecified atom stereocenters. The molecular formula is C9H11N3OS. The molecule has 0 aromatic heterocycles. The number of thiocarbonyl (C=S) groups is 1. The van der Waals surface area contributed by atoms with Gasteiger partial charge in [-0.1, -0.05) is 24.4 Å². The number of carbonyl (C=O) groups excluding carboxylic acids is 1. The minimum absolute atomic E-state index is 0.342. The molecule has 74 valence electrons. The molecule has 0 saturated heterocycles. The van der Waals surface area contributed by atoms with Crippen LogP contribution < -0.4 is 17.0 Å². The van der Waals surface area contributed by atoms with Crippen molar-refractivity contribution in [3.05, 3.63) is 29.3 Å². The normalized spacial score (nSPS) is 9.57. The first-order chi connectivity index (χ1) is 6.57. The molecule has 0 aliphatic rings. The third-order valence-electron chi connectivity index (χ3n) is 1.86. The maximum Gasteiger partial charge on any atom is 0.267 e. The summed E-state index contributed by atoms with van der Waals surface area (Å²) in [5, 5.41) is 0. The van der Waals surface area contributed by atoms with E-state index in [2.05, 4.69) is 0 Å². The summed E-state index contributed by atoms with van der Waals surface area (Å²) >= 11 is 4.99. The van der Waals surface area contributed by atoms with Crippen LogP contribution in [0, 0.1) is 0 Å². The van der Waals surface area contributed by atoms with Gasteiger partial charge in [0, 0.05) is 10.4 Å². The van der Waals surface area contributed by atoms with Crippen molar-refractivity contribution in [1.29, 1.82) is 0 Å². The monoisotopic (exact) mass is 209 g/mol. The molecular weight excluding hydrogens is 198 g/mol. The van der Waals surface area contributed by atoms with Crippen molar-refractivity contribution in [2.45, 2.75) is 6.92 Å². The molecule has 4 nitrogen and oxygen atoms in total. The van der Waals surface area contributed by atoms with Crippen LogP contribution >= 0.6 is 12.2 Å². The standard InChI is InChI=1S/C9H11N3OS/c1-5(14)6-3-2-4-7(8(6)10)9(13)12-11/h2-4H,10-11H2,1H3,(H,12,13). The van der Waals surface area contributed by atoms with E-state index in [4.69, 9.17) is 23.8 Å². The van der Waals surface area contributed by atoms with Crippen molar-refractivity contribution in [2.75, 3.05) is 5.73 Å². The van der Waals surface area contributed by atoms with E-state index in [1.165, 1.54) is 0 Å². The van der Waals surface area contributed by atoms with Crippen molar-refractivity contribution < 1.29 is 4.79 Å². The Balaban J connectivity index is 3.27. The molecule has 1 aromatic rings. The highest BCUT2D eigenvalue weighted by Crippen LogP contribution is 2.18. The predicted molar refractivity (Wildman–Crippen MR) is 59.9 cm³/mol. The van der Waals surface area contributed by atoms with Crippen molar-refractivity contribution >= 4 is 28.7 Å². The Bertz CT molecular complexity index is 390. The number of hydrogen-bond acceptors (Lipinski definition) is 4. The summed E-state index contributed by atoms with van der Waals surface area (Å²) in [6.07, 6.45) is 0. The highest BCUT2D eigenvalue weighted by atomic mass is 32.1. The Labute approximate surface area is 87.2 Å². The molecule has 5 heteroatoms. The van der Waals surface area contributed by atoms with Gasteiger partial charge in [-0.05, 0) is 13.0 Å². The molecule has 5 N–H and O–H groups in total. The average Bonchev–Trinajstić information content (AvgIpc) is 2.16. The Morgan fingerprint density at radius 1 is 1.43 bits per heavy atom. The van der Waals surface area contributed by atoms with Gasteiger partial charge in [0.15, 0.2) is 0 Å². The minimum Gasteiger partial charge on any atom is -0.398 e. The maximum atomic E-state index is 11.2. The summed E-state index contributed by atoms with van der Waals surface area (Å²) in [5.41, 5.74) is 9.18. The largest absolute Gasteiger partial charge is 0.398 e. The summed E-state index contributed by atoms with van der Waals surface area (Å²) in [5.74, 6) is 4.60. The summed E-state index contributed by atoms with van der Waals surface area (Å²) < 4.78 is 0. The topological polar surface area (TPSA) is 81.1 Å². The van der Waals surface area contributed by atoms with Gasteiger partial charge in [0.2, 0.25) is 0 Å². The van der Waals surface area contributed by atoms with Crippen LogP contribution in [0.2, 0.25) is 0 Å². The fraction of sp³-hybridized carbons (Fsp3) is 0.111. The van der Waals surface area contributed by atoms with Gasteiger partial charge in [-0.3, -0.25) is 10.2 Å². The van der Waals surface area contributed by atoms with Crippen LogP contribution in [0.15, 0.2) is 18.2 Å². The fourth-order valence-electron chi connectivity index (χ4n) is 1.15. The van der Waals surface area contributed by atoms with Crippen molar-refractivity contribution in [1.82, 2.24) is 5.43 Å². The predicted octanol–water partition coefficient (Wildman–Crippen LogP) is 0.610. The molecule has 0 spiro atoms. The summed E-state index contributed by atoms with van der Waals surface area (Å²) in [7, 11) is 0. The number of carbonyl (C=O) groups is 1. The number of hydrogen-bond donors (Lipinski definition) is 3. The quantitative estimate of drug-likeness (QED) is 0.166. The van der Waals surface area contributed by atoms with Crippen molar-refractivity contribution in [2.24, 2.45) is 5.84 Å². The molecule has 14 heavy (non-hydrogen) atoms. The van der Waals surface area contributed by atoms with Crippen molar-refractivity contribution in [3.8, 4) is 0 Å². The highest BCUT2D eigenvalue weighted by Gasteiger charge is 2.11. The van der Waals surface area contributed by atoms with E-state index in [1.807, 2.05) is 5.43 Å². The number of amides is 1. The third kappa shape index (κ3) is 1.89. The number of rotatable bonds is 2. The molecule has 0 saturated carbocycles. The van der Waals surface area contributed by atoms with E-state index in [-0.39, 0.29) is 0 Å². The minimum atomic E-state index is -0.416. The first-order valence-corrected chi connectivity index (χ1v) is 4.39. The molecule has 0 heterocycles. The summed E-state index contributed by atoms with van der Waals surface area (Å²) in [6.45, 7) is 1.76. The number of nitrogens with one attached hydrogen (secondary N) is 1. The lowest BCUT2D eigenvalue weighted by Gasteiger charge is -2.08. The first-order valence-electron chi connectivity index (χ1n) is 3.98. The number of hydrazine groups is 1. The lowest BCUT2D eigenvalue weighted by atomic mass is 10.1. The molecule has 0 aliphatic carbocycles. The molecule has 0 radical (unpaired) electrons. The van der Waals surface area contributed by atoms with Crippen LogP contribution in [0.3, 0.4) is 0 Å². The van der Waals surface area contributed by atoms with Crippen LogP contribution in [0.5, 0.6) is 0 Å². The molecule has 0 fully saturated rings. The molecule has 0 aliphatic heterocycles. The van der Waals surface area contributed by atoms with Gasteiger partial charge in [0.25, 0.3) is 5.91 Å². The SMILES string of the molecule is CC(=S)c1cccc(C(=O)NN)c1N. The van der Waals surface area contributed by atoms with E-state index < -0.39 is 5.91 Å². The molecule has 1 rings (SSSR count). The summed E-state index contributed by atoms with van der Waals surface area (Å²) in [6, 6.07) is 5.08. The van der Waals surface area contributed by atoms with Gasteiger partial charge in [0.05, 0.1) is 11.3 Å². The lowest BCUT2D eigenvalue weighted by molar-refractivity contribution is 0.0954. The molecule has 0 atom stereocenters. The third-order valence-corrected chi connectivity index (χ3v) is 2.08. The Morgan fingerprint density at radius 3 is 2.50 bits per heavy atom. The van der Waals surface area contributed by atoms with Gasteiger partial charge in [-0.2, -0.15) is 0 Å². The number of benzene rings is 1. The van der Waals surface area contributed by atoms with Gasteiger partial charge in [0.1, 0.15) is 0 Å². The van der Waals surface area contributed by atoms with Gasteiger partial charge in [-0.15, -0.1) is 0 Å². The average molecular weight is 209 g/mol. The first kappa shape index (κ1) is 10.6. The lowest BCUT2D eigenvalue weighted by Crippen LogP contribution is -2.30. The van der Waals surface area contributed by atoms with Gasteiger partial charge < -0.3 is 5.73 Å². The van der Waals surface area contributed by atoms with E-state index in [9.17, 15) is 4.79 Å².